The number of aryl methyl sites for hydroxylation is 1. The molecule has 1 fully saturated rings. The van der Waals surface area contributed by atoms with Gasteiger partial charge in [0, 0.05) is 10.6 Å². The van der Waals surface area contributed by atoms with Crippen molar-refractivity contribution in [2.24, 2.45) is 5.92 Å². The molecular weight excluding hydrogens is 422 g/mol. The van der Waals surface area contributed by atoms with Gasteiger partial charge in [-0.15, -0.1) is 0 Å². The van der Waals surface area contributed by atoms with Gasteiger partial charge in [0.2, 0.25) is 0 Å². The molecule has 3 heteroatoms. The molecule has 1 atom stereocenters. The summed E-state index contributed by atoms with van der Waals surface area (Å²) in [6.07, 6.45) is 6.84. The van der Waals surface area contributed by atoms with Crippen molar-refractivity contribution < 1.29 is 8.78 Å². The molecule has 1 saturated carbocycles. The second-order valence-corrected chi connectivity index (χ2v) is 9.80. The molecule has 0 aliphatic heterocycles. The van der Waals surface area contributed by atoms with E-state index in [1.807, 2.05) is 49.4 Å². The van der Waals surface area contributed by atoms with Gasteiger partial charge in [0.1, 0.15) is 11.6 Å². The molecule has 0 N–H and O–H groups in total. The van der Waals surface area contributed by atoms with Crippen LogP contribution in [0.2, 0.25) is 5.02 Å². The van der Waals surface area contributed by atoms with E-state index >= 15 is 0 Å². The van der Waals surface area contributed by atoms with Gasteiger partial charge >= 0.3 is 0 Å². The normalized spacial score (nSPS) is 19.6. The van der Waals surface area contributed by atoms with Crippen LogP contribution in [0.25, 0.3) is 0 Å². The number of hydrogen-bond acceptors (Lipinski definition) is 0. The van der Waals surface area contributed by atoms with Gasteiger partial charge < -0.3 is 0 Å². The minimum atomic E-state index is -0.396. The molecule has 1 aliphatic rings. The molecule has 32 heavy (non-hydrogen) atoms. The highest BCUT2D eigenvalue weighted by Gasteiger charge is 2.24. The monoisotopic (exact) mass is 452 g/mol. The first-order valence-corrected chi connectivity index (χ1v) is 12.1. The van der Waals surface area contributed by atoms with Gasteiger partial charge in [-0.05, 0) is 104 Å². The van der Waals surface area contributed by atoms with Gasteiger partial charge in [0.25, 0.3) is 0 Å². The van der Waals surface area contributed by atoms with Gasteiger partial charge in [0.15, 0.2) is 0 Å². The van der Waals surface area contributed by atoms with E-state index in [4.69, 9.17) is 11.6 Å². The van der Waals surface area contributed by atoms with Crippen molar-refractivity contribution in [2.75, 3.05) is 0 Å². The van der Waals surface area contributed by atoms with Crippen molar-refractivity contribution in [1.82, 2.24) is 0 Å². The summed E-state index contributed by atoms with van der Waals surface area (Å²) in [6.45, 7) is 2.02. The van der Waals surface area contributed by atoms with Crippen LogP contribution in [0.15, 0.2) is 66.7 Å². The highest BCUT2D eigenvalue weighted by atomic mass is 35.5. The van der Waals surface area contributed by atoms with Crippen molar-refractivity contribution in [3.8, 4) is 0 Å². The summed E-state index contributed by atoms with van der Waals surface area (Å²) in [5.41, 5.74) is 3.46. The average Bonchev–Trinajstić information content (AvgIpc) is 2.81. The van der Waals surface area contributed by atoms with Crippen LogP contribution < -0.4 is 0 Å². The molecule has 3 aromatic carbocycles. The third kappa shape index (κ3) is 5.78. The molecule has 1 aliphatic carbocycles. The van der Waals surface area contributed by atoms with Crippen molar-refractivity contribution in [3.05, 3.63) is 106 Å². The van der Waals surface area contributed by atoms with E-state index < -0.39 is 11.6 Å². The van der Waals surface area contributed by atoms with Gasteiger partial charge in [-0.1, -0.05) is 61.0 Å². The quantitative estimate of drug-likeness (QED) is 0.335. The zero-order valence-electron chi connectivity index (χ0n) is 18.7. The lowest BCUT2D eigenvalue weighted by Gasteiger charge is -2.29. The highest BCUT2D eigenvalue weighted by Crippen LogP contribution is 2.38. The predicted molar refractivity (Wildman–Crippen MR) is 129 cm³/mol. The summed E-state index contributed by atoms with van der Waals surface area (Å²) in [7, 11) is 0. The number of rotatable bonds is 7. The van der Waals surface area contributed by atoms with Crippen molar-refractivity contribution in [2.45, 2.75) is 63.7 Å². The minimum Gasteiger partial charge on any atom is -0.207 e. The topological polar surface area (TPSA) is 0 Å². The Bertz CT molecular complexity index is 982. The van der Waals surface area contributed by atoms with Gasteiger partial charge in [-0.3, -0.25) is 0 Å². The second kappa shape index (κ2) is 10.6. The first kappa shape index (κ1) is 23.0. The van der Waals surface area contributed by atoms with E-state index in [0.29, 0.717) is 12.3 Å². The fourth-order valence-electron chi connectivity index (χ4n) is 5.07. The fraction of sp³-hybridized carbons (Fsp3) is 0.379. The first-order valence-electron chi connectivity index (χ1n) is 11.8. The third-order valence-corrected chi connectivity index (χ3v) is 7.37. The maximum atomic E-state index is 14.9. The largest absolute Gasteiger partial charge is 0.207 e. The van der Waals surface area contributed by atoms with Crippen molar-refractivity contribution in [3.63, 3.8) is 0 Å². The van der Waals surface area contributed by atoms with Crippen LogP contribution >= 0.6 is 11.6 Å². The minimum absolute atomic E-state index is 0.0714. The van der Waals surface area contributed by atoms with E-state index in [1.165, 1.54) is 5.56 Å². The Kier molecular flexibility index (Phi) is 7.63. The third-order valence-electron chi connectivity index (χ3n) is 7.11. The van der Waals surface area contributed by atoms with Crippen LogP contribution in [0.5, 0.6) is 0 Å². The number of benzene rings is 3. The molecule has 0 amide bonds. The molecule has 0 spiro atoms. The van der Waals surface area contributed by atoms with Crippen LogP contribution in [-0.2, 0) is 12.8 Å². The predicted octanol–water partition coefficient (Wildman–Crippen LogP) is 8.87. The summed E-state index contributed by atoms with van der Waals surface area (Å²) in [5, 5.41) is 0.772. The lowest BCUT2D eigenvalue weighted by atomic mass is 9.76. The molecule has 0 heterocycles. The summed E-state index contributed by atoms with van der Waals surface area (Å²) in [4.78, 5) is 0. The van der Waals surface area contributed by atoms with Gasteiger partial charge in [-0.2, -0.15) is 0 Å². The fourth-order valence-corrected chi connectivity index (χ4v) is 5.19. The van der Waals surface area contributed by atoms with Gasteiger partial charge in [-0.25, -0.2) is 8.78 Å². The molecule has 0 radical (unpaired) electrons. The molecule has 0 unspecified atom stereocenters. The number of hydrogen-bond donors (Lipinski definition) is 0. The highest BCUT2D eigenvalue weighted by molar-refractivity contribution is 6.30. The van der Waals surface area contributed by atoms with E-state index in [0.717, 1.165) is 54.7 Å². The standard InChI is InChI=1S/C29H31ClF2/c1-20(23-5-3-2-4-6-23)17-27-28(31)18-25(19-29(27)32)24-13-9-21(10-14-24)7-8-22-11-15-26(30)16-12-22/h2-6,11-12,15-16,18-21,24H,7-10,13-14,17H2,1H3/t20-,21?,24?/m0/s1. The first-order chi connectivity index (χ1) is 15.5. The van der Waals surface area contributed by atoms with Crippen LogP contribution in [0.1, 0.15) is 73.1 Å². The molecule has 0 bridgehead atoms. The summed E-state index contributed by atoms with van der Waals surface area (Å²) in [5.74, 6) is 0.219. The van der Waals surface area contributed by atoms with E-state index in [-0.39, 0.29) is 17.4 Å². The average molecular weight is 453 g/mol. The lowest BCUT2D eigenvalue weighted by molar-refractivity contribution is 0.309. The second-order valence-electron chi connectivity index (χ2n) is 9.36. The SMILES string of the molecule is C[C@@H](Cc1c(F)cc(C2CCC(CCc3ccc(Cl)cc3)CC2)cc1F)c1ccccc1. The Morgan fingerprint density at radius 2 is 1.50 bits per heavy atom. The van der Waals surface area contributed by atoms with E-state index in [1.54, 1.807) is 12.1 Å². The van der Waals surface area contributed by atoms with Crippen molar-refractivity contribution >= 4 is 11.6 Å². The molecule has 168 valence electrons. The Balaban J connectivity index is 1.34. The molecule has 0 saturated heterocycles. The summed E-state index contributed by atoms with van der Waals surface area (Å²) < 4.78 is 29.8. The Morgan fingerprint density at radius 1 is 0.875 bits per heavy atom. The maximum Gasteiger partial charge on any atom is 0.129 e. The zero-order valence-corrected chi connectivity index (χ0v) is 19.4. The lowest BCUT2D eigenvalue weighted by Crippen LogP contribution is -2.15. The van der Waals surface area contributed by atoms with Gasteiger partial charge in [0.05, 0.1) is 0 Å². The number of halogens is 3. The Hall–Kier alpha value is -2.19. The van der Waals surface area contributed by atoms with E-state index in [2.05, 4.69) is 12.1 Å². The maximum absolute atomic E-state index is 14.9. The smallest absolute Gasteiger partial charge is 0.129 e. The Labute approximate surface area is 195 Å². The summed E-state index contributed by atoms with van der Waals surface area (Å²) >= 11 is 5.97. The Morgan fingerprint density at radius 3 is 2.12 bits per heavy atom. The molecule has 0 nitrogen and oxygen atoms in total. The summed E-state index contributed by atoms with van der Waals surface area (Å²) in [6, 6.07) is 21.2. The van der Waals surface area contributed by atoms with Crippen LogP contribution in [0, 0.1) is 17.6 Å². The molecule has 3 aromatic rings. The molecule has 0 aromatic heterocycles. The van der Waals surface area contributed by atoms with Crippen LogP contribution in [0.4, 0.5) is 8.78 Å². The molecule has 4 rings (SSSR count). The zero-order chi connectivity index (χ0) is 22.5. The molecular formula is C29H31ClF2. The van der Waals surface area contributed by atoms with Crippen LogP contribution in [-0.4, -0.2) is 0 Å². The van der Waals surface area contributed by atoms with Crippen molar-refractivity contribution in [1.29, 1.82) is 0 Å². The van der Waals surface area contributed by atoms with Crippen LogP contribution in [0.3, 0.4) is 0 Å². The van der Waals surface area contributed by atoms with E-state index in [9.17, 15) is 8.78 Å².